The van der Waals surface area contributed by atoms with Crippen molar-refractivity contribution in [2.45, 2.75) is 12.5 Å². The average molecular weight is 1200 g/mol. The number of fused-ring (bicyclic) bond motifs is 12. The molecular weight excluding hydrogens is 1140 g/mol. The third kappa shape index (κ3) is 8.63. The quantitative estimate of drug-likeness (QED) is 0.137. The fraction of sp³-hybridized carbons (Fsp3) is 0.0230. The Bertz CT molecular complexity index is 6030. The van der Waals surface area contributed by atoms with Crippen LogP contribution in [0.3, 0.4) is 0 Å². The Morgan fingerprint density at radius 2 is 0.660 bits per heavy atom. The van der Waals surface area contributed by atoms with Crippen molar-refractivity contribution >= 4 is 92.8 Å². The molecule has 1 aliphatic rings. The zero-order valence-electron chi connectivity index (χ0n) is 51.1. The second-order valence-electron chi connectivity index (χ2n) is 24.7. The van der Waals surface area contributed by atoms with Crippen LogP contribution in [-0.2, 0) is 0 Å². The van der Waals surface area contributed by atoms with Crippen LogP contribution in [0.5, 0.6) is 0 Å². The van der Waals surface area contributed by atoms with Crippen LogP contribution >= 0.6 is 0 Å². The number of allylic oxidation sites excluding steroid dienone is 4. The molecule has 440 valence electrons. The Labute approximate surface area is 542 Å². The van der Waals surface area contributed by atoms with Crippen molar-refractivity contribution < 1.29 is 0 Å². The Morgan fingerprint density at radius 3 is 1.23 bits per heavy atom. The summed E-state index contributed by atoms with van der Waals surface area (Å²) < 4.78 is 9.72. The normalized spacial score (nSPS) is 13.4. The first-order valence-corrected chi connectivity index (χ1v) is 32.3. The fourth-order valence-corrected chi connectivity index (χ4v) is 15.1. The highest BCUT2D eigenvalue weighted by Gasteiger charge is 2.25. The molecule has 13 aromatic carbocycles. The van der Waals surface area contributed by atoms with Crippen LogP contribution in [-0.4, -0.2) is 33.2 Å². The van der Waals surface area contributed by atoms with E-state index in [2.05, 4.69) is 328 Å². The van der Waals surface area contributed by atoms with Crippen molar-refractivity contribution in [1.82, 2.24) is 33.2 Å². The zero-order chi connectivity index (χ0) is 61.8. The molecule has 0 N–H and O–H groups in total. The number of hydrogen-bond donors (Lipinski definition) is 0. The third-order valence-corrected chi connectivity index (χ3v) is 19.4. The molecule has 1 atom stereocenters. The summed E-state index contributed by atoms with van der Waals surface area (Å²) in [4.78, 5) is 15.9. The minimum atomic E-state index is 0.0574. The number of hydrogen-bond acceptors (Lipinski definition) is 3. The van der Waals surface area contributed by atoms with Gasteiger partial charge in [0, 0.05) is 88.6 Å². The van der Waals surface area contributed by atoms with E-state index >= 15 is 0 Å². The third-order valence-electron chi connectivity index (χ3n) is 19.4. The molecule has 0 aliphatic heterocycles. The topological polar surface area (TPSA) is 58.4 Å². The van der Waals surface area contributed by atoms with Gasteiger partial charge in [0.25, 0.3) is 0 Å². The van der Waals surface area contributed by atoms with Crippen molar-refractivity contribution in [3.63, 3.8) is 0 Å². The van der Waals surface area contributed by atoms with E-state index < -0.39 is 0 Å². The molecule has 0 saturated heterocycles. The number of rotatable bonds is 10. The maximum Gasteiger partial charge on any atom is 0.164 e. The standard InChI is InChI=1S/C87H57N7/c1-3-21-57(22-4-1)85-88-86(90-87(89-85)63-25-20-28-66(52-63)93-76-35-13-7-29-67(76)68-30-8-14-36-77(68)93)62-24-19-23-58(51-62)59-43-48-82(94-80-39-17-9-31-69(80)70-32-10-18-40-81(70)94)73(53-59)56-41-46-65(47-42-56)92-79-38-16-12-34-72(79)75-55-61(45-50-84(75)92)60-44-49-83-74(54-60)71-33-11-15-37-78(71)91(83)64-26-5-2-6-27-64/h1-51,53-55,66H,52H2. The Balaban J connectivity index is 0.713. The number of benzene rings is 13. The van der Waals surface area contributed by atoms with Gasteiger partial charge >= 0.3 is 0 Å². The van der Waals surface area contributed by atoms with Gasteiger partial charge in [0.1, 0.15) is 0 Å². The Hall–Kier alpha value is -12.5. The van der Waals surface area contributed by atoms with Gasteiger partial charge in [-0.25, -0.2) is 15.0 Å². The Kier molecular flexibility index (Phi) is 12.3. The molecule has 1 aliphatic carbocycles. The van der Waals surface area contributed by atoms with Gasteiger partial charge < -0.3 is 18.3 Å². The highest BCUT2D eigenvalue weighted by molar-refractivity contribution is 6.14. The van der Waals surface area contributed by atoms with Crippen LogP contribution in [0.4, 0.5) is 0 Å². The Morgan fingerprint density at radius 1 is 0.266 bits per heavy atom. The number of para-hydroxylation sites is 7. The molecule has 0 saturated carbocycles. The maximum absolute atomic E-state index is 5.37. The lowest BCUT2D eigenvalue weighted by Gasteiger charge is -2.22. The van der Waals surface area contributed by atoms with E-state index in [1.807, 2.05) is 18.2 Å². The predicted octanol–water partition coefficient (Wildman–Crippen LogP) is 22.2. The summed E-state index contributed by atoms with van der Waals surface area (Å²) in [6.07, 6.45) is 7.37. The molecular formula is C87H57N7. The lowest BCUT2D eigenvalue weighted by Crippen LogP contribution is -2.11. The van der Waals surface area contributed by atoms with Crippen LogP contribution in [0, 0.1) is 0 Å². The van der Waals surface area contributed by atoms with Crippen molar-refractivity contribution in [2.24, 2.45) is 0 Å². The lowest BCUT2D eigenvalue weighted by molar-refractivity contribution is 0.653. The SMILES string of the molecule is C1=CC(n2c3ccccc3c3ccccc32)CC(c2nc(-c3ccccc3)nc(-c3cccc(-c4ccc(-n5c6ccccc6c6ccccc65)c(-c5ccc(-n6c7ccccc7c7cc(-c8ccc9c(c8)c8ccccc8n9-c8ccccc8)ccc76)cc5)c4)c3)n2)=C1. The van der Waals surface area contributed by atoms with Gasteiger partial charge in [-0.1, -0.05) is 224 Å². The first-order chi connectivity index (χ1) is 46.6. The molecule has 0 fully saturated rings. The monoisotopic (exact) mass is 1200 g/mol. The molecule has 19 rings (SSSR count). The van der Waals surface area contributed by atoms with E-state index in [1.54, 1.807) is 0 Å². The van der Waals surface area contributed by atoms with E-state index in [1.165, 1.54) is 76.3 Å². The van der Waals surface area contributed by atoms with Crippen molar-refractivity contribution in [3.05, 3.63) is 333 Å². The van der Waals surface area contributed by atoms with Crippen molar-refractivity contribution in [1.29, 1.82) is 0 Å². The summed E-state index contributed by atoms with van der Waals surface area (Å²) in [6.45, 7) is 0. The molecule has 0 bridgehead atoms. The molecule has 94 heavy (non-hydrogen) atoms. The second kappa shape index (κ2) is 21.6. The molecule has 0 radical (unpaired) electrons. The van der Waals surface area contributed by atoms with Crippen LogP contribution in [0.25, 0.3) is 166 Å². The van der Waals surface area contributed by atoms with E-state index in [4.69, 9.17) is 15.0 Å². The van der Waals surface area contributed by atoms with Gasteiger partial charge in [-0.05, 0) is 137 Å². The van der Waals surface area contributed by atoms with Crippen molar-refractivity contribution in [3.8, 4) is 73.2 Å². The van der Waals surface area contributed by atoms with E-state index in [-0.39, 0.29) is 6.04 Å². The molecule has 0 amide bonds. The maximum atomic E-state index is 5.37. The number of aromatic nitrogens is 7. The predicted molar refractivity (Wildman–Crippen MR) is 390 cm³/mol. The van der Waals surface area contributed by atoms with Gasteiger partial charge in [-0.3, -0.25) is 0 Å². The fourth-order valence-electron chi connectivity index (χ4n) is 15.1. The summed E-state index contributed by atoms with van der Waals surface area (Å²) in [5.41, 5.74) is 22.4. The molecule has 7 nitrogen and oxygen atoms in total. The van der Waals surface area contributed by atoms with E-state index in [0.29, 0.717) is 17.5 Å². The van der Waals surface area contributed by atoms with Gasteiger partial charge in [-0.15, -0.1) is 0 Å². The van der Waals surface area contributed by atoms with E-state index in [0.717, 1.165) is 84.5 Å². The molecule has 1 unspecified atom stereocenters. The van der Waals surface area contributed by atoms with Crippen LogP contribution in [0.15, 0.2) is 328 Å². The minimum Gasteiger partial charge on any atom is -0.333 e. The van der Waals surface area contributed by atoms with E-state index in [9.17, 15) is 0 Å². The average Bonchev–Trinajstić information content (AvgIpc) is 1.60. The molecule has 18 aromatic rings. The molecule has 7 heteroatoms. The highest BCUT2D eigenvalue weighted by atomic mass is 15.1. The zero-order valence-corrected chi connectivity index (χ0v) is 51.1. The lowest BCUT2D eigenvalue weighted by atomic mass is 9.95. The summed E-state index contributed by atoms with van der Waals surface area (Å²) in [5, 5.41) is 9.85. The summed E-state index contributed by atoms with van der Waals surface area (Å²) in [5.74, 6) is 1.94. The first-order valence-electron chi connectivity index (χ1n) is 32.3. The highest BCUT2D eigenvalue weighted by Crippen LogP contribution is 2.43. The largest absolute Gasteiger partial charge is 0.333 e. The molecule has 0 spiro atoms. The first kappa shape index (κ1) is 53.4. The van der Waals surface area contributed by atoms with Crippen LogP contribution in [0.2, 0.25) is 0 Å². The smallest absolute Gasteiger partial charge is 0.164 e. The van der Waals surface area contributed by atoms with Crippen LogP contribution < -0.4 is 0 Å². The molecule has 5 heterocycles. The minimum absolute atomic E-state index is 0.0574. The van der Waals surface area contributed by atoms with Gasteiger partial charge in [0.15, 0.2) is 17.5 Å². The summed E-state index contributed by atoms with van der Waals surface area (Å²) in [7, 11) is 0. The van der Waals surface area contributed by atoms with Crippen LogP contribution in [0.1, 0.15) is 18.3 Å². The second-order valence-corrected chi connectivity index (χ2v) is 24.7. The van der Waals surface area contributed by atoms with Crippen molar-refractivity contribution in [2.75, 3.05) is 0 Å². The number of nitrogens with zero attached hydrogens (tertiary/aromatic N) is 7. The van der Waals surface area contributed by atoms with Gasteiger partial charge in [0.2, 0.25) is 0 Å². The van der Waals surface area contributed by atoms with Gasteiger partial charge in [0.05, 0.1) is 44.8 Å². The van der Waals surface area contributed by atoms with Gasteiger partial charge in [-0.2, -0.15) is 0 Å². The summed E-state index contributed by atoms with van der Waals surface area (Å²) >= 11 is 0. The molecule has 5 aromatic heterocycles. The summed E-state index contributed by atoms with van der Waals surface area (Å²) in [6, 6.07) is 112.